The zero-order valence-corrected chi connectivity index (χ0v) is 11.6. The van der Waals surface area contributed by atoms with Crippen LogP contribution in [0.5, 0.6) is 0 Å². The summed E-state index contributed by atoms with van der Waals surface area (Å²) in [6.45, 7) is 1.87. The van der Waals surface area contributed by atoms with Crippen molar-refractivity contribution in [2.75, 3.05) is 0 Å². The second-order valence-electron chi connectivity index (χ2n) is 4.27. The largest absolute Gasteiger partial charge is 0.478 e. The Morgan fingerprint density at radius 3 is 2.29 bits per heavy atom. The third-order valence-corrected chi connectivity index (χ3v) is 3.63. The SMILES string of the molecule is Cc1ccc(Sc2nc(C(F)(F)F)ccc2C(=O)O)cc1. The highest BCUT2D eigenvalue weighted by molar-refractivity contribution is 7.99. The molecule has 2 aromatic rings. The smallest absolute Gasteiger partial charge is 0.433 e. The van der Waals surface area contributed by atoms with Crippen LogP contribution in [0.4, 0.5) is 13.2 Å². The summed E-state index contributed by atoms with van der Waals surface area (Å²) >= 11 is 0.890. The van der Waals surface area contributed by atoms with Crippen molar-refractivity contribution >= 4 is 17.7 Å². The van der Waals surface area contributed by atoms with Crippen molar-refractivity contribution in [3.63, 3.8) is 0 Å². The first kappa shape index (κ1) is 15.4. The second-order valence-corrected chi connectivity index (χ2v) is 5.33. The lowest BCUT2D eigenvalue weighted by molar-refractivity contribution is -0.141. The fourth-order valence-electron chi connectivity index (χ4n) is 1.56. The van der Waals surface area contributed by atoms with Gasteiger partial charge in [0.05, 0.1) is 5.56 Å². The number of hydrogen-bond acceptors (Lipinski definition) is 3. The van der Waals surface area contributed by atoms with Crippen LogP contribution in [0.3, 0.4) is 0 Å². The van der Waals surface area contributed by atoms with Gasteiger partial charge in [0.25, 0.3) is 0 Å². The summed E-state index contributed by atoms with van der Waals surface area (Å²) in [7, 11) is 0. The minimum atomic E-state index is -4.61. The Morgan fingerprint density at radius 2 is 1.76 bits per heavy atom. The minimum absolute atomic E-state index is 0.179. The molecule has 0 aliphatic carbocycles. The highest BCUT2D eigenvalue weighted by Gasteiger charge is 2.33. The van der Waals surface area contributed by atoms with Gasteiger partial charge in [0.2, 0.25) is 0 Å². The van der Waals surface area contributed by atoms with E-state index in [1.807, 2.05) is 6.92 Å². The summed E-state index contributed by atoms with van der Waals surface area (Å²) in [5.74, 6) is -1.31. The number of pyridine rings is 1. The van der Waals surface area contributed by atoms with Crippen molar-refractivity contribution in [1.29, 1.82) is 0 Å². The van der Waals surface area contributed by atoms with Crippen LogP contribution in [0.2, 0.25) is 0 Å². The highest BCUT2D eigenvalue weighted by Crippen LogP contribution is 2.33. The van der Waals surface area contributed by atoms with Gasteiger partial charge in [-0.15, -0.1) is 0 Å². The molecule has 21 heavy (non-hydrogen) atoms. The van der Waals surface area contributed by atoms with Crippen molar-refractivity contribution in [3.8, 4) is 0 Å². The molecule has 0 saturated heterocycles. The number of benzene rings is 1. The molecule has 0 amide bonds. The second kappa shape index (κ2) is 5.77. The average molecular weight is 313 g/mol. The summed E-state index contributed by atoms with van der Waals surface area (Å²) in [4.78, 5) is 15.2. The van der Waals surface area contributed by atoms with Gasteiger partial charge < -0.3 is 5.11 Å². The predicted molar refractivity (Wildman–Crippen MR) is 71.5 cm³/mol. The van der Waals surface area contributed by atoms with Crippen molar-refractivity contribution in [3.05, 3.63) is 53.2 Å². The van der Waals surface area contributed by atoms with E-state index in [2.05, 4.69) is 4.98 Å². The number of aromatic nitrogens is 1. The van der Waals surface area contributed by atoms with Crippen LogP contribution < -0.4 is 0 Å². The third kappa shape index (κ3) is 3.75. The van der Waals surface area contributed by atoms with E-state index < -0.39 is 17.8 Å². The van der Waals surface area contributed by atoms with Crippen molar-refractivity contribution in [2.45, 2.75) is 23.0 Å². The van der Waals surface area contributed by atoms with Crippen molar-refractivity contribution < 1.29 is 23.1 Å². The Kier molecular flexibility index (Phi) is 4.22. The zero-order chi connectivity index (χ0) is 15.6. The number of carbonyl (C=O) groups is 1. The van der Waals surface area contributed by atoms with E-state index in [1.54, 1.807) is 24.3 Å². The molecule has 1 N–H and O–H groups in total. The van der Waals surface area contributed by atoms with Gasteiger partial charge in [-0.1, -0.05) is 29.5 Å². The van der Waals surface area contributed by atoms with E-state index >= 15 is 0 Å². The first-order valence-corrected chi connectivity index (χ1v) is 6.65. The lowest BCUT2D eigenvalue weighted by Gasteiger charge is -2.10. The van der Waals surface area contributed by atoms with Gasteiger partial charge in [0.1, 0.15) is 10.7 Å². The topological polar surface area (TPSA) is 50.2 Å². The highest BCUT2D eigenvalue weighted by atomic mass is 32.2. The lowest BCUT2D eigenvalue weighted by atomic mass is 10.2. The van der Waals surface area contributed by atoms with Crippen LogP contribution in [-0.2, 0) is 6.18 Å². The van der Waals surface area contributed by atoms with Gasteiger partial charge >= 0.3 is 12.1 Å². The fraction of sp³-hybridized carbons (Fsp3) is 0.143. The number of nitrogens with zero attached hydrogens (tertiary/aromatic N) is 1. The maximum Gasteiger partial charge on any atom is 0.433 e. The number of rotatable bonds is 3. The van der Waals surface area contributed by atoms with Gasteiger partial charge in [-0.25, -0.2) is 9.78 Å². The maximum atomic E-state index is 12.7. The zero-order valence-electron chi connectivity index (χ0n) is 10.8. The molecule has 0 unspecified atom stereocenters. The third-order valence-electron chi connectivity index (χ3n) is 2.62. The van der Waals surface area contributed by atoms with Gasteiger partial charge in [-0.2, -0.15) is 13.2 Å². The van der Waals surface area contributed by atoms with E-state index in [0.717, 1.165) is 23.4 Å². The molecule has 1 aromatic carbocycles. The summed E-state index contributed by atoms with van der Waals surface area (Å²) in [6.07, 6.45) is -4.61. The molecule has 0 radical (unpaired) electrons. The maximum absolute atomic E-state index is 12.7. The van der Waals surface area contributed by atoms with Gasteiger partial charge in [-0.05, 0) is 31.2 Å². The molecule has 0 aliphatic heterocycles. The molecular formula is C14H10F3NO2S. The van der Waals surface area contributed by atoms with Crippen LogP contribution in [-0.4, -0.2) is 16.1 Å². The van der Waals surface area contributed by atoms with Crippen LogP contribution in [0.25, 0.3) is 0 Å². The molecule has 1 aromatic heterocycles. The molecule has 0 bridgehead atoms. The standard InChI is InChI=1S/C14H10F3NO2S/c1-8-2-4-9(5-3-8)21-12-10(13(19)20)6-7-11(18-12)14(15,16)17/h2-7H,1H3,(H,19,20). The fourth-order valence-corrected chi connectivity index (χ4v) is 2.46. The first-order chi connectivity index (χ1) is 9.77. The molecule has 0 atom stereocenters. The van der Waals surface area contributed by atoms with E-state index in [9.17, 15) is 18.0 Å². The van der Waals surface area contributed by atoms with Gasteiger partial charge in [-0.3, -0.25) is 0 Å². The van der Waals surface area contributed by atoms with Crippen LogP contribution >= 0.6 is 11.8 Å². The Balaban J connectivity index is 2.43. The number of carboxylic acid groups (broad SMARTS) is 1. The molecule has 0 fully saturated rings. The lowest BCUT2D eigenvalue weighted by Crippen LogP contribution is -2.11. The predicted octanol–water partition coefficient (Wildman–Crippen LogP) is 4.26. The molecule has 3 nitrogen and oxygen atoms in total. The molecule has 7 heteroatoms. The van der Waals surface area contributed by atoms with E-state index in [-0.39, 0.29) is 10.6 Å². The number of aryl methyl sites for hydroxylation is 1. The van der Waals surface area contributed by atoms with Crippen molar-refractivity contribution in [2.24, 2.45) is 0 Å². The summed E-state index contributed by atoms with van der Waals surface area (Å²) in [6, 6.07) is 8.57. The van der Waals surface area contributed by atoms with Crippen LogP contribution in [0.1, 0.15) is 21.6 Å². The number of hydrogen-bond donors (Lipinski definition) is 1. The number of alkyl halides is 3. The molecule has 0 aliphatic rings. The monoisotopic (exact) mass is 313 g/mol. The Labute approximate surface area is 122 Å². The average Bonchev–Trinajstić information content (AvgIpc) is 2.40. The molecule has 0 saturated carbocycles. The van der Waals surface area contributed by atoms with E-state index in [0.29, 0.717) is 11.0 Å². The number of halogens is 3. The van der Waals surface area contributed by atoms with Crippen LogP contribution in [0, 0.1) is 6.92 Å². The minimum Gasteiger partial charge on any atom is -0.478 e. The Hall–Kier alpha value is -2.02. The first-order valence-electron chi connectivity index (χ1n) is 5.83. The number of carboxylic acids is 1. The van der Waals surface area contributed by atoms with E-state index in [4.69, 9.17) is 5.11 Å². The molecule has 110 valence electrons. The summed E-state index contributed by atoms with van der Waals surface area (Å²) in [5.41, 5.74) is -0.370. The van der Waals surface area contributed by atoms with E-state index in [1.165, 1.54) is 0 Å². The molecular weight excluding hydrogens is 303 g/mol. The van der Waals surface area contributed by atoms with Crippen molar-refractivity contribution in [1.82, 2.24) is 4.98 Å². The molecule has 1 heterocycles. The normalized spacial score (nSPS) is 11.4. The van der Waals surface area contributed by atoms with Gasteiger partial charge in [0.15, 0.2) is 0 Å². The van der Waals surface area contributed by atoms with Gasteiger partial charge in [0, 0.05) is 4.90 Å². The number of aromatic carboxylic acids is 1. The molecule has 0 spiro atoms. The Bertz CT molecular complexity index is 669. The quantitative estimate of drug-likeness (QED) is 0.920. The Morgan fingerprint density at radius 1 is 1.14 bits per heavy atom. The summed E-state index contributed by atoms with van der Waals surface area (Å²) in [5, 5.41) is 8.87. The molecule has 2 rings (SSSR count). The summed E-state index contributed by atoms with van der Waals surface area (Å²) < 4.78 is 38.0. The van der Waals surface area contributed by atoms with Crippen LogP contribution in [0.15, 0.2) is 46.3 Å².